The molecule has 2 saturated carbocycles. The Balaban J connectivity index is 1.27. The van der Waals surface area contributed by atoms with E-state index >= 15 is 0 Å². The average Bonchev–Trinajstić information content (AvgIpc) is 3.07. The Bertz CT molecular complexity index is 1310. The first-order chi connectivity index (χ1) is 17.2. The third-order valence-electron chi connectivity index (χ3n) is 8.06. The summed E-state index contributed by atoms with van der Waals surface area (Å²) in [5.41, 5.74) is 4.49. The molecule has 1 amide bonds. The summed E-state index contributed by atoms with van der Waals surface area (Å²) in [7, 11) is 1.57. The lowest BCUT2D eigenvalue weighted by atomic mass is 9.49. The van der Waals surface area contributed by atoms with Crippen LogP contribution in [0.25, 0.3) is 11.1 Å². The van der Waals surface area contributed by atoms with Gasteiger partial charge in [-0.1, -0.05) is 24.3 Å². The second kappa shape index (κ2) is 9.47. The van der Waals surface area contributed by atoms with Gasteiger partial charge in [0.1, 0.15) is 17.3 Å². The van der Waals surface area contributed by atoms with Crippen LogP contribution in [-0.2, 0) is 11.2 Å². The van der Waals surface area contributed by atoms with Crippen LogP contribution in [0.15, 0.2) is 42.5 Å². The molecule has 0 saturated heterocycles. The van der Waals surface area contributed by atoms with Crippen LogP contribution >= 0.6 is 11.3 Å². The van der Waals surface area contributed by atoms with E-state index in [1.807, 2.05) is 31.2 Å². The standard InChI is InChI=1S/C30H32FNO3S/c1-17(33)22-13-30(14-22)15-23(16-30)32-29(34)28-19(3)36-18(2)25(28)11-20-5-7-21(8-6-20)26-12-24(35-4)9-10-27(26)31/h5-10,12,22-23H,11,13-16H2,1-4H3,(H,32,34). The molecule has 2 aromatic carbocycles. The molecule has 1 spiro atoms. The number of nitrogens with one attached hydrogen (secondary N) is 1. The van der Waals surface area contributed by atoms with Gasteiger partial charge in [-0.3, -0.25) is 9.59 Å². The number of rotatable bonds is 7. The minimum absolute atomic E-state index is 0.00390. The molecule has 1 heterocycles. The summed E-state index contributed by atoms with van der Waals surface area (Å²) in [5.74, 6) is 0.849. The Kier molecular flexibility index (Phi) is 6.50. The Morgan fingerprint density at radius 1 is 1.06 bits per heavy atom. The van der Waals surface area contributed by atoms with E-state index in [1.54, 1.807) is 37.5 Å². The van der Waals surface area contributed by atoms with Crippen LogP contribution in [0.4, 0.5) is 4.39 Å². The monoisotopic (exact) mass is 505 g/mol. The molecule has 5 rings (SSSR count). The fourth-order valence-corrected chi connectivity index (χ4v) is 7.13. The number of carbonyl (C=O) groups is 2. The molecule has 36 heavy (non-hydrogen) atoms. The van der Waals surface area contributed by atoms with Gasteiger partial charge in [-0.25, -0.2) is 4.39 Å². The molecule has 188 valence electrons. The first-order valence-electron chi connectivity index (χ1n) is 12.5. The summed E-state index contributed by atoms with van der Waals surface area (Å²) >= 11 is 1.66. The molecule has 2 aliphatic carbocycles. The van der Waals surface area contributed by atoms with Gasteiger partial charge in [0.25, 0.3) is 5.91 Å². The summed E-state index contributed by atoms with van der Waals surface area (Å²) < 4.78 is 19.6. The molecule has 0 bridgehead atoms. The van der Waals surface area contributed by atoms with Crippen molar-refractivity contribution in [3.8, 4) is 16.9 Å². The number of benzene rings is 2. The number of Topliss-reactive ketones (excluding diaryl/α,β-unsaturated/α-hetero) is 1. The fourth-order valence-electron chi connectivity index (χ4n) is 6.05. The van der Waals surface area contributed by atoms with E-state index in [0.29, 0.717) is 23.5 Å². The van der Waals surface area contributed by atoms with Crippen LogP contribution in [0.5, 0.6) is 5.75 Å². The maximum absolute atomic E-state index is 14.4. The van der Waals surface area contributed by atoms with Crippen molar-refractivity contribution in [2.45, 2.75) is 58.9 Å². The van der Waals surface area contributed by atoms with E-state index in [9.17, 15) is 14.0 Å². The number of halogens is 1. The topological polar surface area (TPSA) is 55.4 Å². The predicted octanol–water partition coefficient (Wildman–Crippen LogP) is 6.65. The second-order valence-electron chi connectivity index (χ2n) is 10.6. The van der Waals surface area contributed by atoms with Crippen LogP contribution in [0.3, 0.4) is 0 Å². The zero-order chi connectivity index (χ0) is 25.6. The smallest absolute Gasteiger partial charge is 0.252 e. The molecule has 0 unspecified atom stereocenters. The third kappa shape index (κ3) is 4.59. The largest absolute Gasteiger partial charge is 0.497 e. The Morgan fingerprint density at radius 2 is 1.75 bits per heavy atom. The summed E-state index contributed by atoms with van der Waals surface area (Å²) in [6.07, 6.45) is 4.55. The Labute approximate surface area is 215 Å². The maximum Gasteiger partial charge on any atom is 0.252 e. The number of carbonyl (C=O) groups excluding carboxylic acids is 2. The molecule has 0 aliphatic heterocycles. The first kappa shape index (κ1) is 24.7. The minimum Gasteiger partial charge on any atom is -0.497 e. The van der Waals surface area contributed by atoms with Crippen LogP contribution in [0.2, 0.25) is 0 Å². The van der Waals surface area contributed by atoms with E-state index in [0.717, 1.165) is 57.7 Å². The molecule has 3 aromatic rings. The minimum atomic E-state index is -0.289. The van der Waals surface area contributed by atoms with Gasteiger partial charge in [-0.2, -0.15) is 0 Å². The number of hydrogen-bond donors (Lipinski definition) is 1. The highest BCUT2D eigenvalue weighted by Gasteiger charge is 2.54. The molecular formula is C30H32FNO3S. The highest BCUT2D eigenvalue weighted by Crippen LogP contribution is 2.58. The van der Waals surface area contributed by atoms with Crippen molar-refractivity contribution in [1.82, 2.24) is 5.32 Å². The van der Waals surface area contributed by atoms with E-state index in [-0.39, 0.29) is 29.1 Å². The van der Waals surface area contributed by atoms with Gasteiger partial charge >= 0.3 is 0 Å². The van der Waals surface area contributed by atoms with Crippen molar-refractivity contribution in [2.24, 2.45) is 11.3 Å². The summed E-state index contributed by atoms with van der Waals surface area (Å²) in [5, 5.41) is 3.26. The molecule has 1 aromatic heterocycles. The normalized spacial score (nSPS) is 22.6. The lowest BCUT2D eigenvalue weighted by Gasteiger charge is -2.57. The van der Waals surface area contributed by atoms with Crippen molar-refractivity contribution in [3.63, 3.8) is 0 Å². The molecular weight excluding hydrogens is 473 g/mol. The molecule has 6 heteroatoms. The zero-order valence-corrected chi connectivity index (χ0v) is 22.1. The number of thiophene rings is 1. The molecule has 2 aliphatic rings. The lowest BCUT2D eigenvalue weighted by molar-refractivity contribution is -0.134. The summed E-state index contributed by atoms with van der Waals surface area (Å²) in [6, 6.07) is 12.8. The molecule has 0 radical (unpaired) electrons. The molecule has 1 N–H and O–H groups in total. The molecule has 4 nitrogen and oxygen atoms in total. The highest BCUT2D eigenvalue weighted by atomic mass is 32.1. The van der Waals surface area contributed by atoms with Crippen molar-refractivity contribution in [2.75, 3.05) is 7.11 Å². The predicted molar refractivity (Wildman–Crippen MR) is 141 cm³/mol. The van der Waals surface area contributed by atoms with E-state index in [4.69, 9.17) is 4.74 Å². The van der Waals surface area contributed by atoms with Crippen LogP contribution in [0.1, 0.15) is 63.8 Å². The SMILES string of the molecule is COc1ccc(F)c(-c2ccc(Cc3c(C)sc(C)c3C(=O)NC3CC4(C3)CC(C(C)=O)C4)cc2)c1. The van der Waals surface area contributed by atoms with Crippen LogP contribution in [0, 0.1) is 31.0 Å². The van der Waals surface area contributed by atoms with Crippen molar-refractivity contribution in [1.29, 1.82) is 0 Å². The third-order valence-corrected chi connectivity index (χ3v) is 9.12. The van der Waals surface area contributed by atoms with Gasteiger partial charge in [0.2, 0.25) is 0 Å². The van der Waals surface area contributed by atoms with Crippen LogP contribution in [-0.4, -0.2) is 24.8 Å². The van der Waals surface area contributed by atoms with Crippen LogP contribution < -0.4 is 10.1 Å². The Hall–Kier alpha value is -2.99. The van der Waals surface area contributed by atoms with E-state index in [2.05, 4.69) is 12.2 Å². The number of aryl methyl sites for hydroxylation is 2. The van der Waals surface area contributed by atoms with Gasteiger partial charge in [-0.05, 0) is 93.2 Å². The first-order valence-corrected chi connectivity index (χ1v) is 13.3. The number of ketones is 1. The fraction of sp³-hybridized carbons (Fsp3) is 0.400. The average molecular weight is 506 g/mol. The van der Waals surface area contributed by atoms with Gasteiger partial charge in [0, 0.05) is 27.3 Å². The van der Waals surface area contributed by atoms with Gasteiger partial charge in [0.15, 0.2) is 0 Å². The lowest BCUT2D eigenvalue weighted by Crippen LogP contribution is -2.57. The maximum atomic E-state index is 14.4. The van der Waals surface area contributed by atoms with E-state index < -0.39 is 0 Å². The number of methoxy groups -OCH3 is 1. The number of amides is 1. The summed E-state index contributed by atoms with van der Waals surface area (Å²) in [4.78, 5) is 27.1. The van der Waals surface area contributed by atoms with Crippen molar-refractivity contribution in [3.05, 3.63) is 74.7 Å². The molecule has 0 atom stereocenters. The van der Waals surface area contributed by atoms with Gasteiger partial charge in [0.05, 0.1) is 12.7 Å². The second-order valence-corrected chi connectivity index (χ2v) is 12.0. The quantitative estimate of drug-likeness (QED) is 0.391. The zero-order valence-electron chi connectivity index (χ0n) is 21.2. The van der Waals surface area contributed by atoms with E-state index in [1.165, 1.54) is 6.07 Å². The van der Waals surface area contributed by atoms with Gasteiger partial charge in [-0.15, -0.1) is 11.3 Å². The number of hydrogen-bond acceptors (Lipinski definition) is 4. The van der Waals surface area contributed by atoms with Crippen molar-refractivity contribution < 1.29 is 18.7 Å². The Morgan fingerprint density at radius 3 is 2.39 bits per heavy atom. The van der Waals surface area contributed by atoms with Crippen molar-refractivity contribution >= 4 is 23.0 Å². The highest BCUT2D eigenvalue weighted by molar-refractivity contribution is 7.12. The summed E-state index contributed by atoms with van der Waals surface area (Å²) in [6.45, 7) is 5.76. The van der Waals surface area contributed by atoms with Gasteiger partial charge < -0.3 is 10.1 Å². The number of ether oxygens (including phenoxy) is 1. The molecule has 2 fully saturated rings.